The van der Waals surface area contributed by atoms with Crippen LogP contribution < -0.4 is 9.47 Å². The van der Waals surface area contributed by atoms with E-state index in [9.17, 15) is 0 Å². The van der Waals surface area contributed by atoms with Crippen LogP contribution in [-0.2, 0) is 4.43 Å². The Balaban J connectivity index is 1.60. The molecule has 0 spiro atoms. The van der Waals surface area contributed by atoms with Gasteiger partial charge in [-0.2, -0.15) is 0 Å². The molecule has 4 nitrogen and oxygen atoms in total. The Hall–Kier alpha value is -1.33. The summed E-state index contributed by atoms with van der Waals surface area (Å²) < 4.78 is 16.9. The van der Waals surface area contributed by atoms with Crippen LogP contribution in [-0.4, -0.2) is 34.5 Å². The van der Waals surface area contributed by atoms with E-state index in [0.29, 0.717) is 11.8 Å². The molecule has 0 saturated heterocycles. The average Bonchev–Trinajstić information content (AvgIpc) is 2.96. The molecular formula is C19H31NO3Si. The van der Waals surface area contributed by atoms with E-state index >= 15 is 0 Å². The van der Waals surface area contributed by atoms with Gasteiger partial charge in [0.05, 0.1) is 0 Å². The summed E-state index contributed by atoms with van der Waals surface area (Å²) in [6.45, 7) is 13.5. The van der Waals surface area contributed by atoms with Gasteiger partial charge in [-0.3, -0.25) is 4.99 Å². The highest BCUT2D eigenvalue weighted by molar-refractivity contribution is 6.74. The molecule has 0 fully saturated rings. The van der Waals surface area contributed by atoms with E-state index in [1.54, 1.807) is 0 Å². The monoisotopic (exact) mass is 349 g/mol. The van der Waals surface area contributed by atoms with Crippen molar-refractivity contribution in [2.75, 3.05) is 19.9 Å². The van der Waals surface area contributed by atoms with Crippen molar-refractivity contribution in [1.82, 2.24) is 0 Å². The average molecular weight is 350 g/mol. The van der Waals surface area contributed by atoms with E-state index in [4.69, 9.17) is 13.9 Å². The minimum absolute atomic E-state index is 0.294. The van der Waals surface area contributed by atoms with Crippen LogP contribution in [0.3, 0.4) is 0 Å². The third-order valence-corrected chi connectivity index (χ3v) is 9.38. The maximum absolute atomic E-state index is 6.19. The lowest BCUT2D eigenvalue weighted by molar-refractivity contribution is 0.174. The fourth-order valence-corrected chi connectivity index (χ4v) is 3.28. The minimum Gasteiger partial charge on any atom is -0.454 e. The molecule has 134 valence electrons. The van der Waals surface area contributed by atoms with Crippen molar-refractivity contribution in [2.24, 2.45) is 4.99 Å². The third kappa shape index (κ3) is 5.35. The van der Waals surface area contributed by atoms with Gasteiger partial charge in [-0.05, 0) is 61.2 Å². The van der Waals surface area contributed by atoms with E-state index in [-0.39, 0.29) is 0 Å². The van der Waals surface area contributed by atoms with Crippen LogP contribution in [0.25, 0.3) is 0 Å². The standard InChI is InChI=1S/C19H31NO3Si/c1-19(2,3)24(4,5)23-12-8-6-7-11-20-14-16-9-10-17-18(13-16)22-15-21-17/h9-10,13-14H,6-8,11-12,15H2,1-5H3. The number of ether oxygens (including phenoxy) is 2. The molecule has 1 aromatic rings. The number of fused-ring (bicyclic) bond motifs is 1. The van der Waals surface area contributed by atoms with Gasteiger partial charge in [0.2, 0.25) is 6.79 Å². The van der Waals surface area contributed by atoms with Gasteiger partial charge in [0.25, 0.3) is 0 Å². The van der Waals surface area contributed by atoms with Gasteiger partial charge in [0.1, 0.15) is 0 Å². The zero-order valence-electron chi connectivity index (χ0n) is 15.7. The normalized spacial score (nSPS) is 14.5. The highest BCUT2D eigenvalue weighted by atomic mass is 28.4. The van der Waals surface area contributed by atoms with Crippen molar-refractivity contribution in [2.45, 2.75) is 58.2 Å². The van der Waals surface area contributed by atoms with Crippen molar-refractivity contribution in [1.29, 1.82) is 0 Å². The molecule has 1 aromatic carbocycles. The summed E-state index contributed by atoms with van der Waals surface area (Å²) >= 11 is 0. The first kappa shape index (κ1) is 19.0. The third-order valence-electron chi connectivity index (χ3n) is 4.84. The fraction of sp³-hybridized carbons (Fsp3) is 0.632. The van der Waals surface area contributed by atoms with Crippen molar-refractivity contribution in [3.8, 4) is 11.5 Å². The number of unbranched alkanes of at least 4 members (excludes halogenated alkanes) is 2. The summed E-state index contributed by atoms with van der Waals surface area (Å²) in [6, 6.07) is 5.91. The van der Waals surface area contributed by atoms with Gasteiger partial charge >= 0.3 is 0 Å². The van der Waals surface area contributed by atoms with Crippen molar-refractivity contribution < 1.29 is 13.9 Å². The van der Waals surface area contributed by atoms with Crippen LogP contribution in [0.5, 0.6) is 11.5 Å². The van der Waals surface area contributed by atoms with Gasteiger partial charge in [-0.15, -0.1) is 0 Å². The highest BCUT2D eigenvalue weighted by Gasteiger charge is 2.36. The van der Waals surface area contributed by atoms with E-state index in [1.807, 2.05) is 24.4 Å². The first-order valence-electron chi connectivity index (χ1n) is 8.83. The second-order valence-electron chi connectivity index (χ2n) is 7.82. The molecule has 1 aliphatic heterocycles. The van der Waals surface area contributed by atoms with Crippen LogP contribution in [0.4, 0.5) is 0 Å². The maximum atomic E-state index is 6.19. The predicted molar refractivity (Wildman–Crippen MR) is 102 cm³/mol. The van der Waals surface area contributed by atoms with Crippen molar-refractivity contribution in [3.63, 3.8) is 0 Å². The second kappa shape index (κ2) is 8.16. The maximum Gasteiger partial charge on any atom is 0.231 e. The Kier molecular flexibility index (Phi) is 6.46. The molecule has 0 radical (unpaired) electrons. The number of aliphatic imine (C=N–C) groups is 1. The molecule has 24 heavy (non-hydrogen) atoms. The summed E-state index contributed by atoms with van der Waals surface area (Å²) in [6.07, 6.45) is 5.29. The number of hydrogen-bond acceptors (Lipinski definition) is 4. The van der Waals surface area contributed by atoms with Crippen LogP contribution >= 0.6 is 0 Å². The SMILES string of the molecule is CC(C)(C)[Si](C)(C)OCCCCCN=Cc1ccc2c(c1)OCO2. The van der Waals surface area contributed by atoms with Gasteiger partial charge in [-0.25, -0.2) is 0 Å². The molecule has 0 aliphatic carbocycles. The summed E-state index contributed by atoms with van der Waals surface area (Å²) in [5.41, 5.74) is 1.06. The summed E-state index contributed by atoms with van der Waals surface area (Å²) in [5.74, 6) is 1.62. The Morgan fingerprint density at radius 1 is 1.12 bits per heavy atom. The van der Waals surface area contributed by atoms with Crippen molar-refractivity contribution >= 4 is 14.5 Å². The molecule has 5 heteroatoms. The number of rotatable bonds is 8. The largest absolute Gasteiger partial charge is 0.454 e. The molecule has 0 unspecified atom stereocenters. The molecule has 0 N–H and O–H groups in total. The quantitative estimate of drug-likeness (QED) is 0.375. The van der Waals surface area contributed by atoms with E-state index in [1.165, 1.54) is 0 Å². The van der Waals surface area contributed by atoms with Gasteiger partial charge < -0.3 is 13.9 Å². The topological polar surface area (TPSA) is 40.0 Å². The number of nitrogens with zero attached hydrogens (tertiary/aromatic N) is 1. The molecule has 0 aromatic heterocycles. The van der Waals surface area contributed by atoms with Gasteiger partial charge in [-0.1, -0.05) is 20.8 Å². The fourth-order valence-electron chi connectivity index (χ4n) is 2.19. The second-order valence-corrected chi connectivity index (χ2v) is 12.6. The van der Waals surface area contributed by atoms with Crippen molar-refractivity contribution in [3.05, 3.63) is 23.8 Å². The number of hydrogen-bond donors (Lipinski definition) is 0. The molecule has 1 aliphatic rings. The lowest BCUT2D eigenvalue weighted by atomic mass is 10.2. The van der Waals surface area contributed by atoms with Crippen LogP contribution in [0.2, 0.25) is 18.1 Å². The first-order chi connectivity index (χ1) is 11.3. The molecular weight excluding hydrogens is 318 g/mol. The Bertz CT molecular complexity index is 564. The Morgan fingerprint density at radius 3 is 2.62 bits per heavy atom. The minimum atomic E-state index is -1.58. The zero-order chi connectivity index (χ0) is 17.6. The summed E-state index contributed by atoms with van der Waals surface area (Å²) in [4.78, 5) is 4.50. The van der Waals surface area contributed by atoms with Crippen LogP contribution in [0, 0.1) is 0 Å². The molecule has 0 amide bonds. The van der Waals surface area contributed by atoms with Crippen LogP contribution in [0.15, 0.2) is 23.2 Å². The zero-order valence-corrected chi connectivity index (χ0v) is 16.7. The first-order valence-corrected chi connectivity index (χ1v) is 11.7. The number of benzene rings is 1. The highest BCUT2D eigenvalue weighted by Crippen LogP contribution is 2.36. The lowest BCUT2D eigenvalue weighted by Gasteiger charge is -2.36. The summed E-state index contributed by atoms with van der Waals surface area (Å²) in [5, 5.41) is 0.294. The molecule has 2 rings (SSSR count). The van der Waals surface area contributed by atoms with Crippen LogP contribution in [0.1, 0.15) is 45.6 Å². The van der Waals surface area contributed by atoms with E-state index < -0.39 is 8.32 Å². The van der Waals surface area contributed by atoms with Gasteiger partial charge in [0.15, 0.2) is 19.8 Å². The molecule has 0 bridgehead atoms. The van der Waals surface area contributed by atoms with E-state index in [0.717, 1.165) is 49.5 Å². The Labute approximate surface area is 147 Å². The smallest absolute Gasteiger partial charge is 0.231 e. The molecule has 1 heterocycles. The summed E-state index contributed by atoms with van der Waals surface area (Å²) in [7, 11) is -1.58. The predicted octanol–water partition coefficient (Wildman–Crippen LogP) is 5.03. The van der Waals surface area contributed by atoms with Gasteiger partial charge in [0, 0.05) is 19.4 Å². The molecule has 0 saturated carbocycles. The lowest BCUT2D eigenvalue weighted by Crippen LogP contribution is -2.40. The Morgan fingerprint density at radius 2 is 1.88 bits per heavy atom. The molecule has 0 atom stereocenters. The van der Waals surface area contributed by atoms with E-state index in [2.05, 4.69) is 38.9 Å².